The lowest BCUT2D eigenvalue weighted by atomic mass is 9.96. The van der Waals surface area contributed by atoms with Crippen molar-refractivity contribution in [2.45, 2.75) is 37.9 Å². The van der Waals surface area contributed by atoms with Crippen LogP contribution in [-0.2, 0) is 16.1 Å². The van der Waals surface area contributed by atoms with E-state index in [2.05, 4.69) is 10.3 Å². The van der Waals surface area contributed by atoms with Crippen LogP contribution >= 0.6 is 24.0 Å². The number of likely N-dealkylation sites (tertiary alicyclic amines) is 1. The summed E-state index contributed by atoms with van der Waals surface area (Å²) in [4.78, 5) is 40.8. The van der Waals surface area contributed by atoms with E-state index in [-0.39, 0.29) is 36.3 Å². The Morgan fingerprint density at radius 1 is 1.34 bits per heavy atom. The van der Waals surface area contributed by atoms with Gasteiger partial charge < -0.3 is 16.0 Å². The molecule has 4 N–H and O–H groups in total. The molecular formula is C20H24Cl2N4O3. The third-order valence-electron chi connectivity index (χ3n) is 5.21. The van der Waals surface area contributed by atoms with Gasteiger partial charge in [0.15, 0.2) is 0 Å². The Hall–Kier alpha value is -2.35. The Morgan fingerprint density at radius 3 is 2.69 bits per heavy atom. The van der Waals surface area contributed by atoms with Gasteiger partial charge in [-0.05, 0) is 30.9 Å². The van der Waals surface area contributed by atoms with Crippen molar-refractivity contribution < 1.29 is 9.59 Å². The molecule has 156 valence electrons. The average molecular weight is 439 g/mol. The summed E-state index contributed by atoms with van der Waals surface area (Å²) < 4.78 is 0. The lowest BCUT2D eigenvalue weighted by Gasteiger charge is -2.28. The van der Waals surface area contributed by atoms with Crippen molar-refractivity contribution >= 4 is 35.8 Å². The highest BCUT2D eigenvalue weighted by atomic mass is 35.5. The molecule has 2 unspecified atom stereocenters. The van der Waals surface area contributed by atoms with E-state index in [1.807, 2.05) is 35.2 Å². The largest absolute Gasteiger partial charge is 0.368 e. The predicted molar refractivity (Wildman–Crippen MR) is 114 cm³/mol. The molecule has 0 saturated carbocycles. The molecule has 2 aromatic rings. The monoisotopic (exact) mass is 438 g/mol. The summed E-state index contributed by atoms with van der Waals surface area (Å²) in [5, 5.41) is 3.13. The number of primary amides is 1. The van der Waals surface area contributed by atoms with Crippen molar-refractivity contribution in [2.24, 2.45) is 5.73 Å². The van der Waals surface area contributed by atoms with E-state index < -0.39 is 18.0 Å². The van der Waals surface area contributed by atoms with E-state index >= 15 is 0 Å². The first-order chi connectivity index (χ1) is 13.4. The van der Waals surface area contributed by atoms with Crippen LogP contribution in [0.5, 0.6) is 0 Å². The minimum atomic E-state index is -0.565. The molecule has 1 fully saturated rings. The van der Waals surface area contributed by atoms with Crippen LogP contribution in [0.1, 0.15) is 30.4 Å². The first kappa shape index (κ1) is 22.9. The zero-order valence-corrected chi connectivity index (χ0v) is 17.5. The molecule has 3 atom stereocenters. The molecule has 0 aliphatic carbocycles. The summed E-state index contributed by atoms with van der Waals surface area (Å²) in [6, 6.07) is 10.3. The Bertz CT molecular complexity index is 919. The van der Waals surface area contributed by atoms with Crippen LogP contribution in [0.3, 0.4) is 0 Å². The highest BCUT2D eigenvalue weighted by molar-refractivity contribution is 6.30. The van der Waals surface area contributed by atoms with Crippen molar-refractivity contribution in [1.29, 1.82) is 0 Å². The van der Waals surface area contributed by atoms with Crippen molar-refractivity contribution in [3.63, 3.8) is 0 Å². The summed E-state index contributed by atoms with van der Waals surface area (Å²) in [7, 11) is 0. The molecule has 1 aliphatic heterocycles. The van der Waals surface area contributed by atoms with Crippen LogP contribution in [0.2, 0.25) is 5.02 Å². The number of H-pyrrole nitrogens is 1. The molecule has 2 heterocycles. The Kier molecular flexibility index (Phi) is 7.84. The van der Waals surface area contributed by atoms with E-state index in [1.165, 1.54) is 12.3 Å². The predicted octanol–water partition coefficient (Wildman–Crippen LogP) is 1.80. The average Bonchev–Trinajstić information content (AvgIpc) is 3.14. The fraction of sp³-hybridized carbons (Fsp3) is 0.350. The van der Waals surface area contributed by atoms with Gasteiger partial charge in [0.2, 0.25) is 11.8 Å². The molecule has 1 saturated heterocycles. The first-order valence-corrected chi connectivity index (χ1v) is 9.49. The number of aromatic nitrogens is 1. The smallest absolute Gasteiger partial charge is 0.253 e. The quantitative estimate of drug-likeness (QED) is 0.638. The van der Waals surface area contributed by atoms with Gasteiger partial charge in [-0.2, -0.15) is 0 Å². The molecule has 1 aromatic heterocycles. The Labute approximate surface area is 180 Å². The number of amides is 2. The Balaban J connectivity index is 0.00000300. The highest BCUT2D eigenvalue weighted by Gasteiger charge is 2.40. The molecule has 0 bridgehead atoms. The molecule has 7 nitrogen and oxygen atoms in total. The molecule has 3 rings (SSSR count). The van der Waals surface area contributed by atoms with Gasteiger partial charge in [-0.1, -0.05) is 41.9 Å². The summed E-state index contributed by atoms with van der Waals surface area (Å²) >= 11 is 5.88. The van der Waals surface area contributed by atoms with Crippen molar-refractivity contribution in [2.75, 3.05) is 6.54 Å². The van der Waals surface area contributed by atoms with Gasteiger partial charge >= 0.3 is 0 Å². The number of aromatic amines is 1. The van der Waals surface area contributed by atoms with Gasteiger partial charge in [0.25, 0.3) is 5.56 Å². The topological polar surface area (TPSA) is 108 Å². The second-order valence-corrected chi connectivity index (χ2v) is 7.46. The van der Waals surface area contributed by atoms with Crippen LogP contribution in [0.4, 0.5) is 0 Å². The zero-order chi connectivity index (χ0) is 20.3. The molecule has 9 heteroatoms. The van der Waals surface area contributed by atoms with E-state index in [1.54, 1.807) is 6.92 Å². The maximum atomic E-state index is 12.7. The van der Waals surface area contributed by atoms with Gasteiger partial charge in [0.1, 0.15) is 0 Å². The first-order valence-electron chi connectivity index (χ1n) is 9.11. The number of carbonyl (C=O) groups is 2. The number of nitrogens with zero attached hydrogens (tertiary/aromatic N) is 1. The van der Waals surface area contributed by atoms with Gasteiger partial charge in [0.05, 0.1) is 17.1 Å². The normalized spacial score (nSPS) is 19.9. The van der Waals surface area contributed by atoms with Gasteiger partial charge in [-0.25, -0.2) is 0 Å². The SMILES string of the molecule is C[C@@H](C(=O)NCc1cc(Cl)c[nH]c1=O)N1CC(c2ccccc2)CC1C(N)=O.Cl. The number of pyridine rings is 1. The number of carbonyl (C=O) groups excluding carboxylic acids is 2. The minimum absolute atomic E-state index is 0. The second-order valence-electron chi connectivity index (χ2n) is 7.02. The van der Waals surface area contributed by atoms with E-state index in [0.29, 0.717) is 23.6 Å². The minimum Gasteiger partial charge on any atom is -0.368 e. The third kappa shape index (κ3) is 5.38. The van der Waals surface area contributed by atoms with Crippen LogP contribution in [0.25, 0.3) is 0 Å². The second kappa shape index (κ2) is 9.91. The number of rotatable bonds is 6. The van der Waals surface area contributed by atoms with Gasteiger partial charge in [-0.15, -0.1) is 12.4 Å². The van der Waals surface area contributed by atoms with E-state index in [4.69, 9.17) is 17.3 Å². The molecule has 0 spiro atoms. The maximum Gasteiger partial charge on any atom is 0.253 e. The molecule has 0 radical (unpaired) electrons. The number of hydrogen-bond acceptors (Lipinski definition) is 4. The fourth-order valence-electron chi connectivity index (χ4n) is 3.65. The number of nitrogens with two attached hydrogens (primary N) is 1. The Morgan fingerprint density at radius 2 is 2.03 bits per heavy atom. The highest BCUT2D eigenvalue weighted by Crippen LogP contribution is 2.33. The van der Waals surface area contributed by atoms with Gasteiger partial charge in [-0.3, -0.25) is 19.3 Å². The molecular weight excluding hydrogens is 415 g/mol. The summed E-state index contributed by atoms with van der Waals surface area (Å²) in [6.07, 6.45) is 1.97. The van der Waals surface area contributed by atoms with Crippen molar-refractivity contribution in [3.8, 4) is 0 Å². The summed E-state index contributed by atoms with van der Waals surface area (Å²) in [6.45, 7) is 2.35. The number of nitrogens with one attached hydrogen (secondary N) is 2. The van der Waals surface area contributed by atoms with Crippen molar-refractivity contribution in [3.05, 3.63) is 69.1 Å². The number of benzene rings is 1. The standard InChI is InChI=1S/C20H23ClN4O3.ClH/c1-12(19(27)23-9-14-7-16(21)10-24-20(14)28)25-11-15(8-17(25)18(22)26)13-5-3-2-4-6-13;/h2-7,10,12,15,17H,8-9,11H2,1H3,(H2,22,26)(H,23,27)(H,24,28);1H/t12-,15?,17?;/m0./s1. The molecule has 29 heavy (non-hydrogen) atoms. The lowest BCUT2D eigenvalue weighted by Crippen LogP contribution is -2.51. The fourth-order valence-corrected chi connectivity index (χ4v) is 3.83. The summed E-state index contributed by atoms with van der Waals surface area (Å²) in [5.74, 6) is -0.589. The molecule has 2 amide bonds. The van der Waals surface area contributed by atoms with Crippen LogP contribution in [-0.4, -0.2) is 40.3 Å². The van der Waals surface area contributed by atoms with E-state index in [9.17, 15) is 14.4 Å². The lowest BCUT2D eigenvalue weighted by molar-refractivity contribution is -0.129. The van der Waals surface area contributed by atoms with Crippen LogP contribution in [0, 0.1) is 0 Å². The summed E-state index contributed by atoms with van der Waals surface area (Å²) in [5.41, 5.74) is 6.77. The maximum absolute atomic E-state index is 12.7. The zero-order valence-electron chi connectivity index (χ0n) is 15.9. The van der Waals surface area contributed by atoms with Gasteiger partial charge in [0, 0.05) is 24.8 Å². The number of halogens is 2. The van der Waals surface area contributed by atoms with E-state index in [0.717, 1.165) is 5.56 Å². The van der Waals surface area contributed by atoms with Crippen molar-refractivity contribution in [1.82, 2.24) is 15.2 Å². The van der Waals surface area contributed by atoms with Crippen LogP contribution in [0.15, 0.2) is 47.4 Å². The molecule has 1 aliphatic rings. The van der Waals surface area contributed by atoms with Crippen LogP contribution < -0.4 is 16.6 Å². The number of hydrogen-bond donors (Lipinski definition) is 3. The molecule has 1 aromatic carbocycles. The third-order valence-corrected chi connectivity index (χ3v) is 5.43.